The molecule has 5 heteroatoms. The summed E-state index contributed by atoms with van der Waals surface area (Å²) in [6.45, 7) is 7.66. The van der Waals surface area contributed by atoms with Gasteiger partial charge in [0.2, 0.25) is 0 Å². The van der Waals surface area contributed by atoms with Crippen molar-refractivity contribution in [3.05, 3.63) is 58.7 Å². The third-order valence-corrected chi connectivity index (χ3v) is 4.29. The van der Waals surface area contributed by atoms with Gasteiger partial charge in [-0.15, -0.1) is 0 Å². The molecule has 0 aliphatic carbocycles. The van der Waals surface area contributed by atoms with Crippen LogP contribution in [-0.4, -0.2) is 32.8 Å². The Hall–Kier alpha value is -2.69. The predicted octanol–water partition coefficient (Wildman–Crippen LogP) is 3.54. The van der Waals surface area contributed by atoms with Crippen molar-refractivity contribution in [2.24, 2.45) is 0 Å². The molecule has 0 saturated carbocycles. The van der Waals surface area contributed by atoms with Crippen LogP contribution < -0.4 is 20.1 Å². The molecule has 2 aromatic rings. The SMILES string of the molecule is COc1ccc(CCNC(=O)NCCOc2cc(C)c(C)cc2C)cc1. The maximum Gasteiger partial charge on any atom is 0.314 e. The number of ether oxygens (including phenoxy) is 2. The largest absolute Gasteiger partial charge is 0.497 e. The lowest BCUT2D eigenvalue weighted by molar-refractivity contribution is 0.236. The molecule has 0 fully saturated rings. The van der Waals surface area contributed by atoms with E-state index >= 15 is 0 Å². The van der Waals surface area contributed by atoms with E-state index in [0.29, 0.717) is 19.7 Å². The van der Waals surface area contributed by atoms with Crippen molar-refractivity contribution in [2.45, 2.75) is 27.2 Å². The van der Waals surface area contributed by atoms with E-state index in [0.717, 1.165) is 29.0 Å². The number of methoxy groups -OCH3 is 1. The molecule has 2 amide bonds. The van der Waals surface area contributed by atoms with Crippen molar-refractivity contribution in [1.82, 2.24) is 10.6 Å². The number of carbonyl (C=O) groups excluding carboxylic acids is 1. The van der Waals surface area contributed by atoms with Crippen molar-refractivity contribution in [2.75, 3.05) is 26.8 Å². The minimum atomic E-state index is -0.182. The Morgan fingerprint density at radius 2 is 1.58 bits per heavy atom. The van der Waals surface area contributed by atoms with Crippen molar-refractivity contribution in [3.8, 4) is 11.5 Å². The van der Waals surface area contributed by atoms with Gasteiger partial charge in [0.05, 0.1) is 13.7 Å². The van der Waals surface area contributed by atoms with Crippen LogP contribution in [0, 0.1) is 20.8 Å². The predicted molar refractivity (Wildman–Crippen MR) is 104 cm³/mol. The van der Waals surface area contributed by atoms with Crippen LogP contribution >= 0.6 is 0 Å². The zero-order valence-corrected chi connectivity index (χ0v) is 16.0. The molecular weight excluding hydrogens is 328 g/mol. The average Bonchev–Trinajstić information content (AvgIpc) is 2.63. The summed E-state index contributed by atoms with van der Waals surface area (Å²) in [5, 5.41) is 5.66. The number of carbonyl (C=O) groups is 1. The average molecular weight is 356 g/mol. The molecule has 0 aliphatic heterocycles. The molecule has 0 radical (unpaired) electrons. The zero-order valence-electron chi connectivity index (χ0n) is 16.0. The number of aryl methyl sites for hydroxylation is 3. The molecule has 0 spiro atoms. The smallest absolute Gasteiger partial charge is 0.314 e. The molecule has 0 atom stereocenters. The molecule has 0 heterocycles. The van der Waals surface area contributed by atoms with Crippen molar-refractivity contribution in [1.29, 1.82) is 0 Å². The van der Waals surface area contributed by atoms with Gasteiger partial charge in [0, 0.05) is 6.54 Å². The second-order valence-corrected chi connectivity index (χ2v) is 6.33. The molecule has 2 rings (SSSR count). The van der Waals surface area contributed by atoms with Crippen molar-refractivity contribution in [3.63, 3.8) is 0 Å². The first-order chi connectivity index (χ1) is 12.5. The van der Waals surface area contributed by atoms with Crippen LogP contribution in [-0.2, 0) is 6.42 Å². The number of urea groups is 1. The fourth-order valence-corrected chi connectivity index (χ4v) is 2.59. The topological polar surface area (TPSA) is 59.6 Å². The summed E-state index contributed by atoms with van der Waals surface area (Å²) in [5.74, 6) is 1.70. The molecule has 0 aromatic heterocycles. The fourth-order valence-electron chi connectivity index (χ4n) is 2.59. The molecular formula is C21H28N2O3. The summed E-state index contributed by atoms with van der Waals surface area (Å²) in [4.78, 5) is 11.8. The molecule has 0 bridgehead atoms. The molecule has 2 N–H and O–H groups in total. The number of rotatable bonds is 8. The summed E-state index contributed by atoms with van der Waals surface area (Å²) in [5.41, 5.74) is 4.72. The van der Waals surface area contributed by atoms with Gasteiger partial charge >= 0.3 is 6.03 Å². The second kappa shape index (κ2) is 9.70. The van der Waals surface area contributed by atoms with E-state index in [2.05, 4.69) is 30.5 Å². The first kappa shape index (κ1) is 19.6. The highest BCUT2D eigenvalue weighted by Crippen LogP contribution is 2.22. The molecule has 5 nitrogen and oxygen atoms in total. The lowest BCUT2D eigenvalue weighted by Gasteiger charge is -2.12. The Morgan fingerprint density at radius 3 is 2.27 bits per heavy atom. The first-order valence-electron chi connectivity index (χ1n) is 8.85. The van der Waals surface area contributed by atoms with Gasteiger partial charge < -0.3 is 20.1 Å². The van der Waals surface area contributed by atoms with Gasteiger partial charge in [-0.05, 0) is 67.6 Å². The van der Waals surface area contributed by atoms with Crippen LogP contribution in [0.5, 0.6) is 11.5 Å². The lowest BCUT2D eigenvalue weighted by Crippen LogP contribution is -2.38. The van der Waals surface area contributed by atoms with Gasteiger partial charge in [0.15, 0.2) is 0 Å². The number of hydrogen-bond acceptors (Lipinski definition) is 3. The third kappa shape index (κ3) is 5.99. The summed E-state index contributed by atoms with van der Waals surface area (Å²) in [6.07, 6.45) is 0.774. The minimum Gasteiger partial charge on any atom is -0.497 e. The molecule has 2 aromatic carbocycles. The first-order valence-corrected chi connectivity index (χ1v) is 8.85. The van der Waals surface area contributed by atoms with Crippen LogP contribution in [0.15, 0.2) is 36.4 Å². The van der Waals surface area contributed by atoms with Crippen molar-refractivity contribution < 1.29 is 14.3 Å². The Bertz CT molecular complexity index is 727. The van der Waals surface area contributed by atoms with Gasteiger partial charge in [-0.25, -0.2) is 4.79 Å². The van der Waals surface area contributed by atoms with E-state index in [1.54, 1.807) is 7.11 Å². The Morgan fingerprint density at radius 1 is 0.923 bits per heavy atom. The van der Waals surface area contributed by atoms with Gasteiger partial charge in [0.1, 0.15) is 18.1 Å². The number of amides is 2. The van der Waals surface area contributed by atoms with Crippen LogP contribution in [0.1, 0.15) is 22.3 Å². The van der Waals surface area contributed by atoms with Crippen LogP contribution in [0.25, 0.3) is 0 Å². The summed E-state index contributed by atoms with van der Waals surface area (Å²) >= 11 is 0. The standard InChI is InChI=1S/C21H28N2O3/c1-15-13-17(3)20(14-16(15)2)26-12-11-23-21(24)22-10-9-18-5-7-19(25-4)8-6-18/h5-8,13-14H,9-12H2,1-4H3,(H2,22,23,24). The minimum absolute atomic E-state index is 0.182. The quantitative estimate of drug-likeness (QED) is 0.711. The lowest BCUT2D eigenvalue weighted by atomic mass is 10.1. The number of nitrogens with one attached hydrogen (secondary N) is 2. The van der Waals surface area contributed by atoms with E-state index in [1.165, 1.54) is 11.1 Å². The van der Waals surface area contributed by atoms with Crippen LogP contribution in [0.3, 0.4) is 0 Å². The van der Waals surface area contributed by atoms with Gasteiger partial charge in [-0.1, -0.05) is 18.2 Å². The summed E-state index contributed by atoms with van der Waals surface area (Å²) < 4.78 is 10.9. The monoisotopic (exact) mass is 356 g/mol. The highest BCUT2D eigenvalue weighted by molar-refractivity contribution is 5.73. The summed E-state index contributed by atoms with van der Waals surface area (Å²) in [7, 11) is 1.64. The normalized spacial score (nSPS) is 10.3. The number of benzene rings is 2. The van der Waals surface area contributed by atoms with Crippen LogP contribution in [0.2, 0.25) is 0 Å². The third-order valence-electron chi connectivity index (χ3n) is 4.29. The van der Waals surface area contributed by atoms with E-state index < -0.39 is 0 Å². The Labute approximate surface area is 155 Å². The fraction of sp³-hybridized carbons (Fsp3) is 0.381. The van der Waals surface area contributed by atoms with Crippen molar-refractivity contribution >= 4 is 6.03 Å². The number of hydrogen-bond donors (Lipinski definition) is 2. The molecule has 0 aliphatic rings. The molecule has 0 unspecified atom stereocenters. The Kier molecular flexibility index (Phi) is 7.33. The van der Waals surface area contributed by atoms with Gasteiger partial charge in [-0.3, -0.25) is 0 Å². The van der Waals surface area contributed by atoms with Gasteiger partial charge in [0.25, 0.3) is 0 Å². The zero-order chi connectivity index (χ0) is 18.9. The summed E-state index contributed by atoms with van der Waals surface area (Å²) in [6, 6.07) is 11.8. The molecule has 140 valence electrons. The highest BCUT2D eigenvalue weighted by Gasteiger charge is 2.04. The molecule has 0 saturated heterocycles. The van der Waals surface area contributed by atoms with Gasteiger partial charge in [-0.2, -0.15) is 0 Å². The van der Waals surface area contributed by atoms with E-state index in [-0.39, 0.29) is 6.03 Å². The molecule has 26 heavy (non-hydrogen) atoms. The van der Waals surface area contributed by atoms with E-state index in [1.807, 2.05) is 37.3 Å². The highest BCUT2D eigenvalue weighted by atomic mass is 16.5. The maximum absolute atomic E-state index is 11.8. The Balaban J connectivity index is 1.63. The van der Waals surface area contributed by atoms with Crippen LogP contribution in [0.4, 0.5) is 4.79 Å². The second-order valence-electron chi connectivity index (χ2n) is 6.33. The maximum atomic E-state index is 11.8. The van der Waals surface area contributed by atoms with E-state index in [4.69, 9.17) is 9.47 Å². The van der Waals surface area contributed by atoms with E-state index in [9.17, 15) is 4.79 Å².